The topological polar surface area (TPSA) is 27.0 Å². The van der Waals surface area contributed by atoms with Crippen LogP contribution in [0.15, 0.2) is 30.3 Å². The average molecular weight is 237 g/mol. The van der Waals surface area contributed by atoms with Crippen molar-refractivity contribution in [2.45, 2.75) is 13.3 Å². The molecule has 86 valence electrons. The summed E-state index contributed by atoms with van der Waals surface area (Å²) in [6.45, 7) is 3.78. The summed E-state index contributed by atoms with van der Waals surface area (Å²) in [5, 5.41) is 8.65. The van der Waals surface area contributed by atoms with Crippen LogP contribution >= 0.6 is 11.6 Å². The molecule has 0 amide bonds. The van der Waals surface area contributed by atoms with Crippen molar-refractivity contribution in [3.63, 3.8) is 0 Å². The molecule has 0 N–H and O–H groups in total. The number of nitriles is 1. The molecule has 1 aromatic carbocycles. The summed E-state index contributed by atoms with van der Waals surface area (Å²) in [7, 11) is 0. The maximum atomic E-state index is 8.65. The van der Waals surface area contributed by atoms with Gasteiger partial charge in [0.15, 0.2) is 0 Å². The Hall–Kier alpha value is -1.20. The van der Waals surface area contributed by atoms with Crippen molar-refractivity contribution in [3.05, 3.63) is 30.3 Å². The van der Waals surface area contributed by atoms with E-state index in [9.17, 15) is 0 Å². The van der Waals surface area contributed by atoms with Crippen LogP contribution in [0.25, 0.3) is 0 Å². The Balaban J connectivity index is 2.68. The first-order valence-corrected chi connectivity index (χ1v) is 6.04. The second kappa shape index (κ2) is 7.14. The predicted octanol–water partition coefficient (Wildman–Crippen LogP) is 3.28. The number of alkyl halides is 1. The molecular formula is C13H17ClN2. The summed E-state index contributed by atoms with van der Waals surface area (Å²) < 4.78 is 0. The minimum atomic E-state index is 0.431. The Kier molecular flexibility index (Phi) is 5.74. The van der Waals surface area contributed by atoms with Gasteiger partial charge in [0.05, 0.1) is 12.5 Å². The van der Waals surface area contributed by atoms with Gasteiger partial charge in [-0.15, -0.1) is 11.6 Å². The predicted molar refractivity (Wildman–Crippen MR) is 68.8 cm³/mol. The maximum absolute atomic E-state index is 8.65. The number of hydrogen-bond donors (Lipinski definition) is 0. The highest BCUT2D eigenvalue weighted by Gasteiger charge is 2.09. The molecule has 0 saturated heterocycles. The standard InChI is InChI=1S/C13H17ClN2/c1-12(10-14)11-16(9-5-8-15)13-6-3-2-4-7-13/h2-4,6-7,12H,5,9-11H2,1H3. The van der Waals surface area contributed by atoms with E-state index in [1.165, 1.54) is 0 Å². The van der Waals surface area contributed by atoms with E-state index in [2.05, 4.69) is 30.0 Å². The van der Waals surface area contributed by atoms with Crippen LogP contribution in [0.5, 0.6) is 0 Å². The number of rotatable bonds is 6. The molecule has 3 heteroatoms. The number of anilines is 1. The molecule has 2 nitrogen and oxygen atoms in total. The smallest absolute Gasteiger partial charge is 0.0640 e. The van der Waals surface area contributed by atoms with Gasteiger partial charge < -0.3 is 4.90 Å². The normalized spacial score (nSPS) is 11.8. The summed E-state index contributed by atoms with van der Waals surface area (Å²) >= 11 is 5.83. The highest BCUT2D eigenvalue weighted by Crippen LogP contribution is 2.15. The van der Waals surface area contributed by atoms with E-state index < -0.39 is 0 Å². The third-order valence-electron chi connectivity index (χ3n) is 2.41. The fraction of sp³-hybridized carbons (Fsp3) is 0.462. The first-order valence-electron chi connectivity index (χ1n) is 5.51. The summed E-state index contributed by atoms with van der Waals surface area (Å²) in [6.07, 6.45) is 0.546. The molecule has 0 fully saturated rings. The molecular weight excluding hydrogens is 220 g/mol. The lowest BCUT2D eigenvalue weighted by molar-refractivity contribution is 0.618. The quantitative estimate of drug-likeness (QED) is 0.709. The lowest BCUT2D eigenvalue weighted by atomic mass is 10.1. The first kappa shape index (κ1) is 12.9. The minimum absolute atomic E-state index is 0.431. The van der Waals surface area contributed by atoms with Gasteiger partial charge in [0.1, 0.15) is 0 Å². The molecule has 0 spiro atoms. The van der Waals surface area contributed by atoms with E-state index >= 15 is 0 Å². The minimum Gasteiger partial charge on any atom is -0.370 e. The maximum Gasteiger partial charge on any atom is 0.0640 e. The van der Waals surface area contributed by atoms with Gasteiger partial charge in [-0.3, -0.25) is 0 Å². The molecule has 1 atom stereocenters. The molecule has 1 unspecified atom stereocenters. The number of halogens is 1. The molecule has 0 bridgehead atoms. The first-order chi connectivity index (χ1) is 7.77. The highest BCUT2D eigenvalue weighted by atomic mass is 35.5. The zero-order valence-corrected chi connectivity index (χ0v) is 10.3. The van der Waals surface area contributed by atoms with Crippen LogP contribution in [0, 0.1) is 17.2 Å². The van der Waals surface area contributed by atoms with Crippen LogP contribution in [-0.4, -0.2) is 19.0 Å². The van der Waals surface area contributed by atoms with Gasteiger partial charge in [0.25, 0.3) is 0 Å². The zero-order chi connectivity index (χ0) is 11.8. The van der Waals surface area contributed by atoms with Crippen molar-refractivity contribution in [1.29, 1.82) is 5.26 Å². The van der Waals surface area contributed by atoms with Crippen LogP contribution in [-0.2, 0) is 0 Å². The summed E-state index contributed by atoms with van der Waals surface area (Å²) in [5.74, 6) is 1.08. The fourth-order valence-electron chi connectivity index (χ4n) is 1.57. The van der Waals surface area contributed by atoms with Gasteiger partial charge in [-0.2, -0.15) is 5.26 Å². The Labute approximate surface area is 102 Å². The molecule has 0 aliphatic rings. The van der Waals surface area contributed by atoms with E-state index in [0.717, 1.165) is 18.8 Å². The summed E-state index contributed by atoms with van der Waals surface area (Å²) in [6, 6.07) is 12.3. The van der Waals surface area contributed by atoms with E-state index in [1.807, 2.05) is 18.2 Å². The third-order valence-corrected chi connectivity index (χ3v) is 2.94. The van der Waals surface area contributed by atoms with Crippen molar-refractivity contribution in [3.8, 4) is 6.07 Å². The summed E-state index contributed by atoms with van der Waals surface area (Å²) in [4.78, 5) is 2.22. The largest absolute Gasteiger partial charge is 0.370 e. The Morgan fingerprint density at radius 3 is 2.62 bits per heavy atom. The number of nitrogens with zero attached hydrogens (tertiary/aromatic N) is 2. The lowest BCUT2D eigenvalue weighted by Gasteiger charge is -2.26. The van der Waals surface area contributed by atoms with Crippen LogP contribution in [0.3, 0.4) is 0 Å². The summed E-state index contributed by atoms with van der Waals surface area (Å²) in [5.41, 5.74) is 1.16. The average Bonchev–Trinajstić information content (AvgIpc) is 2.35. The van der Waals surface area contributed by atoms with Crippen LogP contribution < -0.4 is 4.90 Å². The van der Waals surface area contributed by atoms with E-state index in [1.54, 1.807) is 0 Å². The third kappa shape index (κ3) is 4.12. The van der Waals surface area contributed by atoms with Crippen LogP contribution in [0.1, 0.15) is 13.3 Å². The van der Waals surface area contributed by atoms with Gasteiger partial charge in [0.2, 0.25) is 0 Å². The van der Waals surface area contributed by atoms with Gasteiger partial charge >= 0.3 is 0 Å². The van der Waals surface area contributed by atoms with Crippen molar-refractivity contribution in [1.82, 2.24) is 0 Å². The second-order valence-electron chi connectivity index (χ2n) is 3.95. The van der Waals surface area contributed by atoms with Gasteiger partial charge in [-0.1, -0.05) is 25.1 Å². The number of para-hydroxylation sites is 1. The van der Waals surface area contributed by atoms with E-state index in [0.29, 0.717) is 18.2 Å². The number of benzene rings is 1. The molecule has 16 heavy (non-hydrogen) atoms. The molecule has 0 aliphatic heterocycles. The van der Waals surface area contributed by atoms with Crippen molar-refractivity contribution < 1.29 is 0 Å². The van der Waals surface area contributed by atoms with Crippen molar-refractivity contribution in [2.24, 2.45) is 5.92 Å². The van der Waals surface area contributed by atoms with Gasteiger partial charge in [0, 0.05) is 24.7 Å². The molecule has 0 heterocycles. The lowest BCUT2D eigenvalue weighted by Crippen LogP contribution is -2.30. The van der Waals surface area contributed by atoms with Crippen molar-refractivity contribution >= 4 is 17.3 Å². The Morgan fingerprint density at radius 2 is 2.06 bits per heavy atom. The van der Waals surface area contributed by atoms with E-state index in [-0.39, 0.29) is 0 Å². The number of hydrogen-bond acceptors (Lipinski definition) is 2. The molecule has 0 aliphatic carbocycles. The Morgan fingerprint density at radius 1 is 1.38 bits per heavy atom. The molecule has 1 rings (SSSR count). The Bertz CT molecular complexity index is 332. The van der Waals surface area contributed by atoms with Crippen molar-refractivity contribution in [2.75, 3.05) is 23.9 Å². The molecule has 0 aromatic heterocycles. The fourth-order valence-corrected chi connectivity index (χ4v) is 1.67. The molecule has 0 radical (unpaired) electrons. The highest BCUT2D eigenvalue weighted by molar-refractivity contribution is 6.18. The van der Waals surface area contributed by atoms with Gasteiger partial charge in [-0.25, -0.2) is 0 Å². The second-order valence-corrected chi connectivity index (χ2v) is 4.26. The van der Waals surface area contributed by atoms with E-state index in [4.69, 9.17) is 16.9 Å². The van der Waals surface area contributed by atoms with Crippen LogP contribution in [0.2, 0.25) is 0 Å². The molecule has 0 saturated carbocycles. The zero-order valence-electron chi connectivity index (χ0n) is 9.56. The SMILES string of the molecule is CC(CCl)CN(CCC#N)c1ccccc1. The van der Waals surface area contributed by atoms with Gasteiger partial charge in [-0.05, 0) is 18.1 Å². The molecule has 1 aromatic rings. The van der Waals surface area contributed by atoms with Crippen LogP contribution in [0.4, 0.5) is 5.69 Å². The monoisotopic (exact) mass is 236 g/mol.